The largest absolute Gasteiger partial charge is 0.355 e. The summed E-state index contributed by atoms with van der Waals surface area (Å²) in [7, 11) is 2.11. The second-order valence-corrected chi connectivity index (χ2v) is 4.87. The van der Waals surface area contributed by atoms with Gasteiger partial charge in [0.2, 0.25) is 0 Å². The molecule has 0 radical (unpaired) electrons. The first kappa shape index (κ1) is 12.4. The lowest BCUT2D eigenvalue weighted by atomic mass is 10.2. The summed E-state index contributed by atoms with van der Waals surface area (Å²) in [6.45, 7) is 4.42. The molecule has 1 unspecified atom stereocenters. The summed E-state index contributed by atoms with van der Waals surface area (Å²) in [5.74, 6) is 1.07. The molecule has 0 aliphatic carbocycles. The summed E-state index contributed by atoms with van der Waals surface area (Å²) < 4.78 is 2.14. The first-order valence-corrected chi connectivity index (χ1v) is 7.06. The Hall–Kier alpha value is -1.03. The Morgan fingerprint density at radius 1 is 1.47 bits per heavy atom. The van der Waals surface area contributed by atoms with Crippen LogP contribution in [0.4, 0.5) is 5.82 Å². The van der Waals surface area contributed by atoms with E-state index in [2.05, 4.69) is 52.3 Å². The van der Waals surface area contributed by atoms with Crippen LogP contribution >= 0.6 is 15.9 Å². The average molecular weight is 296 g/mol. The number of nitrogens with zero attached hydrogens (tertiary/aromatic N) is 3. The van der Waals surface area contributed by atoms with E-state index in [1.165, 1.54) is 5.69 Å². The molecule has 0 bridgehead atoms. The molecule has 1 atom stereocenters. The van der Waals surface area contributed by atoms with E-state index in [-0.39, 0.29) is 0 Å². The summed E-state index contributed by atoms with van der Waals surface area (Å²) in [4.78, 5) is 6.96. The van der Waals surface area contributed by atoms with E-state index in [0.29, 0.717) is 6.04 Å². The van der Waals surface area contributed by atoms with Gasteiger partial charge in [0.15, 0.2) is 5.82 Å². The lowest BCUT2D eigenvalue weighted by molar-refractivity contribution is 0.656. The van der Waals surface area contributed by atoms with Crippen LogP contribution in [0.3, 0.4) is 0 Å². The molecule has 2 aromatic heterocycles. The number of anilines is 1. The molecular formula is C13H18BrN3. The van der Waals surface area contributed by atoms with Gasteiger partial charge >= 0.3 is 0 Å². The van der Waals surface area contributed by atoms with Gasteiger partial charge in [-0.25, -0.2) is 4.98 Å². The van der Waals surface area contributed by atoms with Crippen molar-refractivity contribution >= 4 is 27.4 Å². The fourth-order valence-electron chi connectivity index (χ4n) is 1.92. The molecule has 0 amide bonds. The number of pyridine rings is 1. The molecule has 0 aromatic carbocycles. The molecule has 4 heteroatoms. The Kier molecular flexibility index (Phi) is 3.72. The minimum Gasteiger partial charge on any atom is -0.355 e. The van der Waals surface area contributed by atoms with Crippen LogP contribution in [-0.2, 0) is 5.33 Å². The van der Waals surface area contributed by atoms with Gasteiger partial charge in [0, 0.05) is 24.6 Å². The second-order valence-electron chi connectivity index (χ2n) is 4.31. The molecule has 0 saturated heterocycles. The molecule has 17 heavy (non-hydrogen) atoms. The van der Waals surface area contributed by atoms with Crippen LogP contribution < -0.4 is 4.90 Å². The fourth-order valence-corrected chi connectivity index (χ4v) is 2.44. The highest BCUT2D eigenvalue weighted by molar-refractivity contribution is 9.08. The summed E-state index contributed by atoms with van der Waals surface area (Å²) in [5, 5.41) is 0.814. The smallest absolute Gasteiger partial charge is 0.152 e. The number of fused-ring (bicyclic) bond motifs is 1. The highest BCUT2D eigenvalue weighted by atomic mass is 79.9. The maximum atomic E-state index is 4.71. The van der Waals surface area contributed by atoms with E-state index in [1.807, 2.05) is 18.2 Å². The normalized spacial score (nSPS) is 12.9. The van der Waals surface area contributed by atoms with Crippen molar-refractivity contribution in [2.75, 3.05) is 11.9 Å². The minimum absolute atomic E-state index is 0.498. The van der Waals surface area contributed by atoms with Crippen molar-refractivity contribution in [2.45, 2.75) is 31.6 Å². The number of imidazole rings is 1. The molecule has 2 aromatic rings. The van der Waals surface area contributed by atoms with E-state index in [1.54, 1.807) is 0 Å². The van der Waals surface area contributed by atoms with Crippen molar-refractivity contribution in [1.82, 2.24) is 9.38 Å². The zero-order valence-electron chi connectivity index (χ0n) is 10.5. The summed E-state index contributed by atoms with van der Waals surface area (Å²) in [5.41, 5.74) is 2.22. The number of hydrogen-bond acceptors (Lipinski definition) is 2. The predicted molar refractivity (Wildman–Crippen MR) is 76.0 cm³/mol. The first-order valence-electron chi connectivity index (χ1n) is 5.93. The Morgan fingerprint density at radius 2 is 2.24 bits per heavy atom. The van der Waals surface area contributed by atoms with Gasteiger partial charge in [-0.3, -0.25) is 0 Å². The zero-order chi connectivity index (χ0) is 12.4. The number of halogens is 1. The third-order valence-electron chi connectivity index (χ3n) is 3.32. The Labute approximate surface area is 111 Å². The summed E-state index contributed by atoms with van der Waals surface area (Å²) >= 11 is 3.56. The molecule has 0 N–H and O–H groups in total. The van der Waals surface area contributed by atoms with E-state index in [9.17, 15) is 0 Å². The standard InChI is InChI=1S/C13H18BrN3/c1-4-10(2)16(3)13-11(9-14)17-8-6-5-7-12(17)15-13/h5-8,10H,4,9H2,1-3H3. The predicted octanol–water partition coefficient (Wildman–Crippen LogP) is 3.46. The number of alkyl halides is 1. The van der Waals surface area contributed by atoms with Crippen molar-refractivity contribution in [1.29, 1.82) is 0 Å². The van der Waals surface area contributed by atoms with Crippen LogP contribution in [0, 0.1) is 0 Å². The van der Waals surface area contributed by atoms with Gasteiger partial charge in [0.1, 0.15) is 5.65 Å². The van der Waals surface area contributed by atoms with Gasteiger partial charge in [0.05, 0.1) is 5.69 Å². The third kappa shape index (κ3) is 2.18. The highest BCUT2D eigenvalue weighted by Gasteiger charge is 2.17. The van der Waals surface area contributed by atoms with Crippen LogP contribution in [0.15, 0.2) is 24.4 Å². The molecule has 2 rings (SSSR count). The topological polar surface area (TPSA) is 20.5 Å². The zero-order valence-corrected chi connectivity index (χ0v) is 12.1. The maximum absolute atomic E-state index is 4.71. The number of aromatic nitrogens is 2. The molecule has 0 fully saturated rings. The van der Waals surface area contributed by atoms with Gasteiger partial charge in [-0.05, 0) is 25.5 Å². The maximum Gasteiger partial charge on any atom is 0.152 e. The SMILES string of the molecule is CCC(C)N(C)c1nc2ccccn2c1CBr. The summed E-state index contributed by atoms with van der Waals surface area (Å²) in [6.07, 6.45) is 3.18. The van der Waals surface area contributed by atoms with Crippen LogP contribution in [0.25, 0.3) is 5.65 Å². The molecule has 92 valence electrons. The quantitative estimate of drug-likeness (QED) is 0.805. The van der Waals surface area contributed by atoms with Crippen molar-refractivity contribution in [3.63, 3.8) is 0 Å². The average Bonchev–Trinajstić information content (AvgIpc) is 2.75. The molecule has 0 aliphatic heterocycles. The van der Waals surface area contributed by atoms with Gasteiger partial charge in [0.25, 0.3) is 0 Å². The van der Waals surface area contributed by atoms with Crippen LogP contribution in [0.2, 0.25) is 0 Å². The van der Waals surface area contributed by atoms with Crippen LogP contribution in [0.1, 0.15) is 26.0 Å². The molecular weight excluding hydrogens is 278 g/mol. The second kappa shape index (κ2) is 5.08. The van der Waals surface area contributed by atoms with Crippen LogP contribution in [-0.4, -0.2) is 22.5 Å². The minimum atomic E-state index is 0.498. The van der Waals surface area contributed by atoms with Gasteiger partial charge in [-0.1, -0.05) is 28.9 Å². The van der Waals surface area contributed by atoms with Crippen molar-refractivity contribution < 1.29 is 0 Å². The Morgan fingerprint density at radius 3 is 2.88 bits per heavy atom. The fraction of sp³-hybridized carbons (Fsp3) is 0.462. The van der Waals surface area contributed by atoms with Gasteiger partial charge < -0.3 is 9.30 Å². The molecule has 0 saturated carbocycles. The van der Waals surface area contributed by atoms with E-state index >= 15 is 0 Å². The lowest BCUT2D eigenvalue weighted by Gasteiger charge is -2.24. The highest BCUT2D eigenvalue weighted by Crippen LogP contribution is 2.24. The van der Waals surface area contributed by atoms with Crippen molar-refractivity contribution in [3.05, 3.63) is 30.1 Å². The van der Waals surface area contributed by atoms with Crippen molar-refractivity contribution in [2.24, 2.45) is 0 Å². The van der Waals surface area contributed by atoms with E-state index in [0.717, 1.165) is 23.2 Å². The monoisotopic (exact) mass is 295 g/mol. The molecule has 3 nitrogen and oxygen atoms in total. The Bertz CT molecular complexity index is 506. The lowest BCUT2D eigenvalue weighted by Crippen LogP contribution is -2.29. The van der Waals surface area contributed by atoms with Crippen molar-refractivity contribution in [3.8, 4) is 0 Å². The molecule has 0 spiro atoms. The molecule has 0 aliphatic rings. The third-order valence-corrected chi connectivity index (χ3v) is 3.85. The van der Waals surface area contributed by atoms with Crippen LogP contribution in [0.5, 0.6) is 0 Å². The summed E-state index contributed by atoms with van der Waals surface area (Å²) in [6, 6.07) is 6.60. The Balaban J connectivity index is 2.53. The van der Waals surface area contributed by atoms with E-state index < -0.39 is 0 Å². The van der Waals surface area contributed by atoms with Gasteiger partial charge in [-0.15, -0.1) is 0 Å². The molecule has 2 heterocycles. The number of hydrogen-bond donors (Lipinski definition) is 0. The first-order chi connectivity index (χ1) is 8.19. The number of rotatable bonds is 4. The van der Waals surface area contributed by atoms with Gasteiger partial charge in [-0.2, -0.15) is 0 Å². The van der Waals surface area contributed by atoms with E-state index in [4.69, 9.17) is 4.98 Å².